The van der Waals surface area contributed by atoms with Crippen LogP contribution in [-0.2, 0) is 0 Å². The molecule has 1 radical (unpaired) electrons. The monoisotopic (exact) mass is 158 g/mol. The van der Waals surface area contributed by atoms with E-state index >= 15 is 0 Å². The highest BCUT2D eigenvalue weighted by molar-refractivity contribution is 9.11. The van der Waals surface area contributed by atoms with Crippen LogP contribution in [-0.4, -0.2) is 6.54 Å². The summed E-state index contributed by atoms with van der Waals surface area (Å²) >= 11 is 3.26. The molecule has 0 bridgehead atoms. The first-order valence-electron chi connectivity index (χ1n) is 2.07. The Hall–Kier alpha value is -0.240. The van der Waals surface area contributed by atoms with Gasteiger partial charge in [-0.3, -0.25) is 0 Å². The summed E-state index contributed by atoms with van der Waals surface area (Å²) in [5.74, 6) is 0. The lowest BCUT2D eigenvalue weighted by Gasteiger charge is -2.01. The van der Waals surface area contributed by atoms with Gasteiger partial charge in [-0.05, 0) is 28.1 Å². The van der Waals surface area contributed by atoms with Crippen molar-refractivity contribution in [3.8, 4) is 0 Å². The van der Waals surface area contributed by atoms with Gasteiger partial charge in [0.2, 0.25) is 0 Å². The van der Waals surface area contributed by atoms with Crippen LogP contribution < -0.4 is 5.32 Å². The van der Waals surface area contributed by atoms with Crippen molar-refractivity contribution < 1.29 is 0 Å². The lowest BCUT2D eigenvalue weighted by Crippen LogP contribution is -2.10. The Morgan fingerprint density at radius 1 is 1.86 bits per heavy atom. The van der Waals surface area contributed by atoms with Gasteiger partial charge in [0.1, 0.15) is 0 Å². The first-order chi connectivity index (χ1) is 3.39. The number of dihydropyridines is 1. The van der Waals surface area contributed by atoms with Crippen LogP contribution in [0.3, 0.4) is 0 Å². The van der Waals surface area contributed by atoms with Gasteiger partial charge in [-0.25, -0.2) is 0 Å². The van der Waals surface area contributed by atoms with Crippen LogP contribution in [0.5, 0.6) is 0 Å². The third-order valence-electron chi connectivity index (χ3n) is 0.701. The van der Waals surface area contributed by atoms with E-state index in [9.17, 15) is 0 Å². The van der Waals surface area contributed by atoms with Crippen molar-refractivity contribution in [2.75, 3.05) is 6.54 Å². The van der Waals surface area contributed by atoms with E-state index in [1.54, 1.807) is 0 Å². The minimum Gasteiger partial charge on any atom is -0.376 e. The van der Waals surface area contributed by atoms with Crippen molar-refractivity contribution in [1.82, 2.24) is 5.32 Å². The summed E-state index contributed by atoms with van der Waals surface area (Å²) in [6, 6.07) is 0. The summed E-state index contributed by atoms with van der Waals surface area (Å²) in [5.41, 5.74) is 0. The fraction of sp³-hybridized carbons (Fsp3) is 0.200. The maximum atomic E-state index is 3.26. The van der Waals surface area contributed by atoms with E-state index in [0.29, 0.717) is 0 Å². The van der Waals surface area contributed by atoms with Gasteiger partial charge in [0.15, 0.2) is 0 Å². The van der Waals surface area contributed by atoms with Crippen molar-refractivity contribution in [2.45, 2.75) is 0 Å². The zero-order chi connectivity index (χ0) is 5.11. The molecule has 0 amide bonds. The molecule has 0 atom stereocenters. The Balaban J connectivity index is 2.57. The second-order valence-corrected chi connectivity index (χ2v) is 2.10. The molecule has 0 aliphatic carbocycles. The molecule has 0 saturated carbocycles. The fourth-order valence-electron chi connectivity index (χ4n) is 0.391. The van der Waals surface area contributed by atoms with Gasteiger partial charge in [-0.1, -0.05) is 6.08 Å². The molecule has 0 saturated heterocycles. The van der Waals surface area contributed by atoms with Gasteiger partial charge in [0.05, 0.1) is 4.61 Å². The summed E-state index contributed by atoms with van der Waals surface area (Å²) < 4.78 is 1.01. The summed E-state index contributed by atoms with van der Waals surface area (Å²) in [7, 11) is 0. The Labute approximate surface area is 51.2 Å². The van der Waals surface area contributed by atoms with Crippen LogP contribution in [0.2, 0.25) is 0 Å². The van der Waals surface area contributed by atoms with Crippen LogP contribution in [0.15, 0.2) is 16.8 Å². The zero-order valence-corrected chi connectivity index (χ0v) is 5.33. The third kappa shape index (κ3) is 1.35. The Morgan fingerprint density at radius 3 is 3.00 bits per heavy atom. The molecular weight excluding hydrogens is 154 g/mol. The smallest absolute Gasteiger partial charge is 0.0788 e. The van der Waals surface area contributed by atoms with Crippen LogP contribution in [0.1, 0.15) is 0 Å². The van der Waals surface area contributed by atoms with Crippen molar-refractivity contribution in [3.63, 3.8) is 0 Å². The van der Waals surface area contributed by atoms with Crippen molar-refractivity contribution >= 4 is 15.9 Å². The number of hydrogen-bond donors (Lipinski definition) is 1. The van der Waals surface area contributed by atoms with Crippen LogP contribution in [0.25, 0.3) is 0 Å². The van der Waals surface area contributed by atoms with Crippen molar-refractivity contribution in [2.24, 2.45) is 0 Å². The summed E-state index contributed by atoms with van der Waals surface area (Å²) in [6.45, 7) is 0.886. The molecule has 0 aromatic carbocycles. The average Bonchev–Trinajstić information content (AvgIpc) is 1.69. The van der Waals surface area contributed by atoms with E-state index in [-0.39, 0.29) is 0 Å². The van der Waals surface area contributed by atoms with Crippen LogP contribution >= 0.6 is 15.9 Å². The van der Waals surface area contributed by atoms with E-state index in [1.165, 1.54) is 0 Å². The number of allylic oxidation sites excluding steroid dienone is 2. The van der Waals surface area contributed by atoms with Gasteiger partial charge < -0.3 is 5.32 Å². The van der Waals surface area contributed by atoms with Crippen LogP contribution in [0, 0.1) is 6.08 Å². The first kappa shape index (κ1) is 4.91. The normalized spacial score (nSPS) is 18.1. The second-order valence-electron chi connectivity index (χ2n) is 1.24. The maximum Gasteiger partial charge on any atom is 0.0788 e. The molecule has 1 nitrogen and oxygen atoms in total. The molecule has 0 fully saturated rings. The number of hydrogen-bond acceptors (Lipinski definition) is 1. The van der Waals surface area contributed by atoms with Gasteiger partial charge in [-0.2, -0.15) is 0 Å². The molecule has 1 rings (SSSR count). The van der Waals surface area contributed by atoms with E-state index in [2.05, 4.69) is 27.3 Å². The molecule has 0 aromatic rings. The average molecular weight is 159 g/mol. The molecule has 1 heterocycles. The molecule has 1 aliphatic heterocycles. The predicted molar refractivity (Wildman–Crippen MR) is 32.8 cm³/mol. The molecule has 0 spiro atoms. The lowest BCUT2D eigenvalue weighted by molar-refractivity contribution is 0.954. The van der Waals surface area contributed by atoms with E-state index < -0.39 is 0 Å². The summed E-state index contributed by atoms with van der Waals surface area (Å²) in [4.78, 5) is 0. The Morgan fingerprint density at radius 2 is 2.71 bits per heavy atom. The highest BCUT2D eigenvalue weighted by atomic mass is 79.9. The first-order valence-corrected chi connectivity index (χ1v) is 2.86. The third-order valence-corrected chi connectivity index (χ3v) is 1.21. The van der Waals surface area contributed by atoms with Crippen molar-refractivity contribution in [3.05, 3.63) is 22.8 Å². The zero-order valence-electron chi connectivity index (χ0n) is 3.74. The minimum atomic E-state index is 0.886. The summed E-state index contributed by atoms with van der Waals surface area (Å²) in [5, 5.41) is 3.04. The van der Waals surface area contributed by atoms with Gasteiger partial charge in [0, 0.05) is 6.54 Å². The Kier molecular flexibility index (Phi) is 1.52. The number of nitrogens with one attached hydrogen (secondary N) is 1. The highest BCUT2D eigenvalue weighted by Gasteiger charge is 1.87. The fourth-order valence-corrected chi connectivity index (χ4v) is 0.685. The quantitative estimate of drug-likeness (QED) is 0.523. The molecule has 1 aliphatic rings. The molecule has 0 aromatic heterocycles. The molecule has 2 heteroatoms. The van der Waals surface area contributed by atoms with Gasteiger partial charge in [0.25, 0.3) is 0 Å². The van der Waals surface area contributed by atoms with E-state index in [0.717, 1.165) is 11.2 Å². The van der Waals surface area contributed by atoms with E-state index in [1.807, 2.05) is 12.2 Å². The predicted octanol–water partition coefficient (Wildman–Crippen LogP) is 1.19. The molecule has 0 unspecified atom stereocenters. The minimum absolute atomic E-state index is 0.886. The second kappa shape index (κ2) is 2.17. The molecular formula is C5H5BrN. The largest absolute Gasteiger partial charge is 0.376 e. The van der Waals surface area contributed by atoms with Crippen molar-refractivity contribution in [1.29, 1.82) is 0 Å². The number of halogens is 1. The van der Waals surface area contributed by atoms with Gasteiger partial charge in [-0.15, -0.1) is 0 Å². The van der Waals surface area contributed by atoms with Crippen LogP contribution in [0.4, 0.5) is 0 Å². The Bertz CT molecular complexity index is 115. The standard InChI is InChI=1S/C5H5BrN/c6-5-3-1-2-4-7-5/h2-3,7H,4H2. The van der Waals surface area contributed by atoms with Gasteiger partial charge >= 0.3 is 0 Å². The number of rotatable bonds is 0. The lowest BCUT2D eigenvalue weighted by atomic mass is 10.4. The molecule has 37 valence electrons. The maximum absolute atomic E-state index is 3.26. The molecule has 1 N–H and O–H groups in total. The summed E-state index contributed by atoms with van der Waals surface area (Å²) in [6.07, 6.45) is 6.72. The highest BCUT2D eigenvalue weighted by Crippen LogP contribution is 2.01. The SMILES string of the molecule is BrC1=C[C]=CCN1. The topological polar surface area (TPSA) is 12.0 Å². The van der Waals surface area contributed by atoms with E-state index in [4.69, 9.17) is 0 Å². The molecule has 7 heavy (non-hydrogen) atoms.